The zero-order chi connectivity index (χ0) is 21.3. The lowest BCUT2D eigenvalue weighted by Crippen LogP contribution is -2.39. The minimum Gasteiger partial charge on any atom is -0.368 e. The van der Waals surface area contributed by atoms with Crippen LogP contribution in [0.25, 0.3) is 0 Å². The molecule has 1 aliphatic heterocycles. The molecule has 0 radical (unpaired) electrons. The monoisotopic (exact) mass is 412 g/mol. The summed E-state index contributed by atoms with van der Waals surface area (Å²) in [4.78, 5) is 24.1. The predicted octanol–water partition coefficient (Wildman–Crippen LogP) is 3.04. The molecule has 3 N–H and O–H groups in total. The molecule has 0 saturated carbocycles. The molecule has 6 nitrogen and oxygen atoms in total. The molecule has 2 amide bonds. The first kappa shape index (κ1) is 20.2. The first-order valence-electron chi connectivity index (χ1n) is 8.16. The number of hydrazone groups is 1. The Morgan fingerprint density at radius 2 is 1.76 bits per heavy atom. The Bertz CT molecular complexity index is 989. The van der Waals surface area contributed by atoms with Crippen LogP contribution in [0.4, 0.5) is 33.3 Å². The Labute approximate surface area is 160 Å². The average molecular weight is 412 g/mol. The quantitative estimate of drug-likeness (QED) is 0.757. The zero-order valence-electron chi connectivity index (χ0n) is 14.5. The number of carbonyl (C=O) groups excluding carboxylic acids is 2. The summed E-state index contributed by atoms with van der Waals surface area (Å²) in [5.74, 6) is -3.70. The van der Waals surface area contributed by atoms with Gasteiger partial charge in [0.2, 0.25) is 5.91 Å². The molecule has 1 atom stereocenters. The van der Waals surface area contributed by atoms with Crippen molar-refractivity contribution in [3.05, 3.63) is 59.7 Å². The van der Waals surface area contributed by atoms with Crippen LogP contribution in [-0.4, -0.2) is 23.6 Å². The van der Waals surface area contributed by atoms with Gasteiger partial charge in [0.25, 0.3) is 5.91 Å². The number of carbonyl (C=O) groups is 2. The largest absolute Gasteiger partial charge is 0.419 e. The number of nitrogens with two attached hydrogens (primary N) is 1. The first-order chi connectivity index (χ1) is 13.6. The molecule has 2 aromatic carbocycles. The molecule has 29 heavy (non-hydrogen) atoms. The summed E-state index contributed by atoms with van der Waals surface area (Å²) in [6.45, 7) is 0. The molecule has 0 fully saturated rings. The van der Waals surface area contributed by atoms with Crippen LogP contribution in [-0.2, 0) is 15.8 Å². The van der Waals surface area contributed by atoms with E-state index in [0.29, 0.717) is 17.8 Å². The van der Waals surface area contributed by atoms with Crippen LogP contribution >= 0.6 is 0 Å². The fourth-order valence-corrected chi connectivity index (χ4v) is 2.72. The summed E-state index contributed by atoms with van der Waals surface area (Å²) in [7, 11) is 0. The molecule has 0 aliphatic carbocycles. The van der Waals surface area contributed by atoms with Gasteiger partial charge in [0, 0.05) is 12.1 Å². The third-order valence-corrected chi connectivity index (χ3v) is 4.12. The molecular weight excluding hydrogens is 399 g/mol. The van der Waals surface area contributed by atoms with Crippen LogP contribution in [0.1, 0.15) is 12.0 Å². The number of primary amides is 1. The van der Waals surface area contributed by atoms with E-state index in [9.17, 15) is 31.5 Å². The molecule has 11 heteroatoms. The molecule has 0 saturated heterocycles. The number of alkyl halides is 3. The second kappa shape index (κ2) is 7.49. The number of anilines is 2. The third kappa shape index (κ3) is 4.33. The first-order valence-corrected chi connectivity index (χ1v) is 8.16. The van der Waals surface area contributed by atoms with Crippen LogP contribution in [0.15, 0.2) is 47.6 Å². The number of hydrogen-bond acceptors (Lipinski definition) is 4. The average Bonchev–Trinajstić information content (AvgIpc) is 3.09. The summed E-state index contributed by atoms with van der Waals surface area (Å²) in [5, 5.41) is 7.31. The van der Waals surface area contributed by atoms with E-state index in [4.69, 9.17) is 5.73 Å². The molecule has 1 heterocycles. The van der Waals surface area contributed by atoms with Crippen molar-refractivity contribution in [2.45, 2.75) is 18.6 Å². The zero-order valence-corrected chi connectivity index (χ0v) is 14.5. The van der Waals surface area contributed by atoms with Gasteiger partial charge in [-0.2, -0.15) is 18.3 Å². The Kier molecular flexibility index (Phi) is 5.23. The normalized spacial score (nSPS) is 16.5. The third-order valence-electron chi connectivity index (χ3n) is 4.12. The minimum absolute atomic E-state index is 0.184. The van der Waals surface area contributed by atoms with Gasteiger partial charge >= 0.3 is 6.18 Å². The lowest BCUT2D eigenvalue weighted by Gasteiger charge is -2.20. The molecule has 152 valence electrons. The maximum absolute atomic E-state index is 13.4. The fourth-order valence-electron chi connectivity index (χ4n) is 2.72. The maximum Gasteiger partial charge on any atom is 0.419 e. The Morgan fingerprint density at radius 1 is 1.10 bits per heavy atom. The number of benzene rings is 2. The highest BCUT2D eigenvalue weighted by Crippen LogP contribution is 2.33. The van der Waals surface area contributed by atoms with E-state index >= 15 is 0 Å². The number of rotatable bonds is 4. The summed E-state index contributed by atoms with van der Waals surface area (Å²) >= 11 is 0. The highest BCUT2D eigenvalue weighted by Gasteiger charge is 2.36. The summed E-state index contributed by atoms with van der Waals surface area (Å²) in [6, 6.07) is 5.84. The van der Waals surface area contributed by atoms with Crippen LogP contribution in [0.2, 0.25) is 0 Å². The smallest absolute Gasteiger partial charge is 0.368 e. The van der Waals surface area contributed by atoms with Gasteiger partial charge in [-0.15, -0.1) is 0 Å². The van der Waals surface area contributed by atoms with Crippen molar-refractivity contribution in [2.24, 2.45) is 10.8 Å². The molecule has 2 aromatic rings. The molecule has 0 bridgehead atoms. The fraction of sp³-hybridized carbons (Fsp3) is 0.167. The number of nitrogens with zero attached hydrogens (tertiary/aromatic N) is 2. The lowest BCUT2D eigenvalue weighted by molar-refractivity contribution is -0.140. The number of nitrogens with one attached hydrogen (secondary N) is 1. The topological polar surface area (TPSA) is 87.8 Å². The molecular formula is C18H13F5N4O2. The highest BCUT2D eigenvalue weighted by molar-refractivity contribution is 6.44. The van der Waals surface area contributed by atoms with Gasteiger partial charge in [0.15, 0.2) is 0 Å². The van der Waals surface area contributed by atoms with Crippen LogP contribution in [0.3, 0.4) is 0 Å². The second-order valence-electron chi connectivity index (χ2n) is 6.14. The van der Waals surface area contributed by atoms with Crippen molar-refractivity contribution in [3.8, 4) is 0 Å². The molecule has 0 aromatic heterocycles. The summed E-state index contributed by atoms with van der Waals surface area (Å²) in [5.41, 5.74) is 3.60. The van der Waals surface area contributed by atoms with Crippen LogP contribution in [0.5, 0.6) is 0 Å². The Morgan fingerprint density at radius 3 is 2.34 bits per heavy atom. The maximum atomic E-state index is 13.4. The van der Waals surface area contributed by atoms with E-state index in [0.717, 1.165) is 23.2 Å². The van der Waals surface area contributed by atoms with E-state index in [1.54, 1.807) is 0 Å². The van der Waals surface area contributed by atoms with E-state index in [2.05, 4.69) is 10.4 Å². The lowest BCUT2D eigenvalue weighted by atomic mass is 10.1. The van der Waals surface area contributed by atoms with Crippen molar-refractivity contribution < 1.29 is 31.5 Å². The Hall–Kier alpha value is -3.50. The van der Waals surface area contributed by atoms with Gasteiger partial charge in [-0.25, -0.2) is 8.78 Å². The second-order valence-corrected chi connectivity index (χ2v) is 6.14. The molecule has 3 rings (SSSR count). The standard InChI is InChI=1S/C18H13F5N4O2/c19-9-1-4-11(5-2-9)27-15(16(24)28)8-14(26-27)17(29)25-10-3-6-13(20)12(7-10)18(21,22)23/h1-7,15H,8H2,(H2,24,28)(H,25,29). The van der Waals surface area contributed by atoms with Crippen LogP contribution in [0, 0.1) is 11.6 Å². The van der Waals surface area contributed by atoms with Gasteiger partial charge in [-0.05, 0) is 42.5 Å². The minimum atomic E-state index is -4.94. The van der Waals surface area contributed by atoms with E-state index in [1.165, 1.54) is 12.1 Å². The van der Waals surface area contributed by atoms with Gasteiger partial charge < -0.3 is 11.1 Å². The van der Waals surface area contributed by atoms with E-state index in [-0.39, 0.29) is 17.8 Å². The molecule has 1 unspecified atom stereocenters. The molecule has 1 aliphatic rings. The van der Waals surface area contributed by atoms with Crippen molar-refractivity contribution >= 4 is 28.9 Å². The summed E-state index contributed by atoms with van der Waals surface area (Å²) in [6.07, 6.45) is -5.15. The highest BCUT2D eigenvalue weighted by atomic mass is 19.4. The number of amides is 2. The van der Waals surface area contributed by atoms with Crippen molar-refractivity contribution in [1.82, 2.24) is 0 Å². The predicted molar refractivity (Wildman–Crippen MR) is 93.9 cm³/mol. The van der Waals surface area contributed by atoms with Gasteiger partial charge in [0.1, 0.15) is 23.4 Å². The van der Waals surface area contributed by atoms with E-state index in [1.807, 2.05) is 0 Å². The van der Waals surface area contributed by atoms with Crippen molar-refractivity contribution in [2.75, 3.05) is 10.3 Å². The number of hydrogen-bond donors (Lipinski definition) is 2. The van der Waals surface area contributed by atoms with Crippen molar-refractivity contribution in [1.29, 1.82) is 0 Å². The molecule has 0 spiro atoms. The van der Waals surface area contributed by atoms with E-state index < -0.39 is 41.2 Å². The van der Waals surface area contributed by atoms with Gasteiger partial charge in [-0.3, -0.25) is 14.6 Å². The van der Waals surface area contributed by atoms with Crippen LogP contribution < -0.4 is 16.1 Å². The van der Waals surface area contributed by atoms with Crippen molar-refractivity contribution in [3.63, 3.8) is 0 Å². The number of halogens is 5. The van der Waals surface area contributed by atoms with Gasteiger partial charge in [-0.1, -0.05) is 0 Å². The summed E-state index contributed by atoms with van der Waals surface area (Å²) < 4.78 is 64.9. The SMILES string of the molecule is NC(=O)C1CC(C(=O)Nc2ccc(F)c(C(F)(F)F)c2)=NN1c1ccc(F)cc1. The van der Waals surface area contributed by atoms with Gasteiger partial charge in [0.05, 0.1) is 11.3 Å². The Balaban J connectivity index is 1.85.